The van der Waals surface area contributed by atoms with Crippen LogP contribution in [0.25, 0.3) is 0 Å². The Balaban J connectivity index is 2.41. The Morgan fingerprint density at radius 3 is 2.50 bits per heavy atom. The molecule has 0 spiro atoms. The van der Waals surface area contributed by atoms with Crippen LogP contribution in [-0.4, -0.2) is 30.6 Å². The standard InChI is InChI=1S/C17H15FO4/c1-22-9-8-11-10-12(6-7-13(11)17(20)21)16(19)14-4-2-3-5-15(14)18/h2-7,10H,8-9H2,1H3,(H,20,21). The van der Waals surface area contributed by atoms with E-state index < -0.39 is 17.6 Å². The normalized spacial score (nSPS) is 10.5. The molecular weight excluding hydrogens is 287 g/mol. The molecule has 0 aromatic heterocycles. The summed E-state index contributed by atoms with van der Waals surface area (Å²) < 4.78 is 18.6. The number of aromatic carboxylic acids is 1. The summed E-state index contributed by atoms with van der Waals surface area (Å²) in [6.07, 6.45) is 0.358. The summed E-state index contributed by atoms with van der Waals surface area (Å²) in [6.45, 7) is 0.331. The molecule has 0 radical (unpaired) electrons. The van der Waals surface area contributed by atoms with Crippen molar-refractivity contribution in [3.63, 3.8) is 0 Å². The van der Waals surface area contributed by atoms with Gasteiger partial charge in [0.1, 0.15) is 5.82 Å². The molecule has 2 aromatic carbocycles. The van der Waals surface area contributed by atoms with Crippen LogP contribution in [-0.2, 0) is 11.2 Å². The molecule has 0 atom stereocenters. The van der Waals surface area contributed by atoms with E-state index in [-0.39, 0.29) is 16.7 Å². The zero-order chi connectivity index (χ0) is 16.1. The monoisotopic (exact) mass is 302 g/mol. The first kappa shape index (κ1) is 15.9. The van der Waals surface area contributed by atoms with Crippen molar-refractivity contribution in [1.29, 1.82) is 0 Å². The first-order valence-electron chi connectivity index (χ1n) is 6.69. The van der Waals surface area contributed by atoms with Crippen LogP contribution in [0.5, 0.6) is 0 Å². The lowest BCUT2D eigenvalue weighted by molar-refractivity contribution is 0.0694. The van der Waals surface area contributed by atoms with Crippen molar-refractivity contribution < 1.29 is 23.8 Å². The van der Waals surface area contributed by atoms with Gasteiger partial charge in [0.2, 0.25) is 0 Å². The lowest BCUT2D eigenvalue weighted by Gasteiger charge is -2.09. The maximum atomic E-state index is 13.7. The highest BCUT2D eigenvalue weighted by atomic mass is 19.1. The second kappa shape index (κ2) is 6.95. The van der Waals surface area contributed by atoms with Crippen LogP contribution in [0.1, 0.15) is 31.8 Å². The van der Waals surface area contributed by atoms with E-state index in [0.29, 0.717) is 18.6 Å². The second-order valence-corrected chi connectivity index (χ2v) is 4.73. The van der Waals surface area contributed by atoms with E-state index in [0.717, 1.165) is 0 Å². The largest absolute Gasteiger partial charge is 0.478 e. The van der Waals surface area contributed by atoms with Crippen molar-refractivity contribution in [2.75, 3.05) is 13.7 Å². The average Bonchev–Trinajstić information content (AvgIpc) is 2.52. The fraction of sp³-hybridized carbons (Fsp3) is 0.176. The van der Waals surface area contributed by atoms with Crippen molar-refractivity contribution in [2.24, 2.45) is 0 Å². The van der Waals surface area contributed by atoms with E-state index >= 15 is 0 Å². The van der Waals surface area contributed by atoms with Gasteiger partial charge < -0.3 is 9.84 Å². The molecule has 0 aliphatic heterocycles. The molecule has 0 aliphatic carbocycles. The second-order valence-electron chi connectivity index (χ2n) is 4.73. The Kier molecular flexibility index (Phi) is 5.01. The summed E-state index contributed by atoms with van der Waals surface area (Å²) in [5.41, 5.74) is 0.808. The molecule has 0 saturated carbocycles. The number of ether oxygens (including phenoxy) is 1. The van der Waals surface area contributed by atoms with E-state index in [1.54, 1.807) is 6.07 Å². The minimum atomic E-state index is -1.07. The molecule has 0 aliphatic rings. The van der Waals surface area contributed by atoms with Gasteiger partial charge in [-0.15, -0.1) is 0 Å². The Morgan fingerprint density at radius 2 is 1.86 bits per heavy atom. The van der Waals surface area contributed by atoms with Crippen molar-refractivity contribution >= 4 is 11.8 Å². The maximum absolute atomic E-state index is 13.7. The molecule has 5 heteroatoms. The molecule has 22 heavy (non-hydrogen) atoms. The minimum absolute atomic E-state index is 0.0386. The highest BCUT2D eigenvalue weighted by Gasteiger charge is 2.17. The summed E-state index contributed by atoms with van der Waals surface area (Å²) in [5, 5.41) is 9.17. The van der Waals surface area contributed by atoms with Gasteiger partial charge in [0, 0.05) is 12.7 Å². The van der Waals surface area contributed by atoms with Gasteiger partial charge in [0.05, 0.1) is 17.7 Å². The molecule has 0 unspecified atom stereocenters. The molecule has 0 heterocycles. The molecular formula is C17H15FO4. The fourth-order valence-electron chi connectivity index (χ4n) is 2.16. The average molecular weight is 302 g/mol. The van der Waals surface area contributed by atoms with Crippen LogP contribution in [0, 0.1) is 5.82 Å². The Hall–Kier alpha value is -2.53. The summed E-state index contributed by atoms with van der Waals surface area (Å²) >= 11 is 0. The van der Waals surface area contributed by atoms with E-state index in [4.69, 9.17) is 9.84 Å². The number of ketones is 1. The van der Waals surface area contributed by atoms with Crippen molar-refractivity contribution in [3.8, 4) is 0 Å². The third-order valence-corrected chi connectivity index (χ3v) is 3.29. The third-order valence-electron chi connectivity index (χ3n) is 3.29. The molecule has 0 saturated heterocycles. The fourth-order valence-corrected chi connectivity index (χ4v) is 2.16. The van der Waals surface area contributed by atoms with E-state index in [9.17, 15) is 14.0 Å². The van der Waals surface area contributed by atoms with Crippen molar-refractivity contribution in [2.45, 2.75) is 6.42 Å². The Labute approximate surface area is 127 Å². The number of carbonyl (C=O) groups excluding carboxylic acids is 1. The lowest BCUT2D eigenvalue weighted by Crippen LogP contribution is -2.09. The molecule has 0 amide bonds. The van der Waals surface area contributed by atoms with E-state index in [2.05, 4.69) is 0 Å². The van der Waals surface area contributed by atoms with Gasteiger partial charge in [-0.3, -0.25) is 4.79 Å². The van der Waals surface area contributed by atoms with Gasteiger partial charge in [-0.25, -0.2) is 9.18 Å². The number of carbonyl (C=O) groups is 2. The third kappa shape index (κ3) is 3.38. The quantitative estimate of drug-likeness (QED) is 0.833. The van der Waals surface area contributed by atoms with Gasteiger partial charge in [-0.2, -0.15) is 0 Å². The number of carboxylic acid groups (broad SMARTS) is 1. The number of hydrogen-bond acceptors (Lipinski definition) is 3. The maximum Gasteiger partial charge on any atom is 0.335 e. The van der Waals surface area contributed by atoms with Crippen LogP contribution in [0.3, 0.4) is 0 Å². The predicted molar refractivity (Wildman–Crippen MR) is 78.8 cm³/mol. The molecule has 0 fully saturated rings. The number of methoxy groups -OCH3 is 1. The van der Waals surface area contributed by atoms with Crippen LogP contribution in [0.2, 0.25) is 0 Å². The first-order chi connectivity index (χ1) is 10.5. The Bertz CT molecular complexity index is 710. The van der Waals surface area contributed by atoms with Gasteiger partial charge >= 0.3 is 5.97 Å². The van der Waals surface area contributed by atoms with Crippen molar-refractivity contribution in [1.82, 2.24) is 0 Å². The summed E-state index contributed by atoms with van der Waals surface area (Å²) in [6, 6.07) is 9.94. The summed E-state index contributed by atoms with van der Waals surface area (Å²) in [5.74, 6) is -2.15. The topological polar surface area (TPSA) is 63.6 Å². The molecule has 4 nitrogen and oxygen atoms in total. The van der Waals surface area contributed by atoms with Crippen LogP contribution in [0.4, 0.5) is 4.39 Å². The summed E-state index contributed by atoms with van der Waals surface area (Å²) in [7, 11) is 1.51. The number of benzene rings is 2. The highest BCUT2D eigenvalue weighted by Crippen LogP contribution is 2.18. The zero-order valence-electron chi connectivity index (χ0n) is 12.0. The van der Waals surface area contributed by atoms with Gasteiger partial charge in [0.15, 0.2) is 5.78 Å². The van der Waals surface area contributed by atoms with Gasteiger partial charge in [-0.1, -0.05) is 18.2 Å². The Morgan fingerprint density at radius 1 is 1.14 bits per heavy atom. The smallest absolute Gasteiger partial charge is 0.335 e. The van der Waals surface area contributed by atoms with Crippen molar-refractivity contribution in [3.05, 3.63) is 70.5 Å². The van der Waals surface area contributed by atoms with Gasteiger partial charge in [0.25, 0.3) is 0 Å². The number of rotatable bonds is 6. The highest BCUT2D eigenvalue weighted by molar-refractivity contribution is 6.09. The minimum Gasteiger partial charge on any atom is -0.478 e. The van der Waals surface area contributed by atoms with Crippen LogP contribution < -0.4 is 0 Å². The number of halogens is 1. The number of carboxylic acids is 1. The van der Waals surface area contributed by atoms with E-state index in [1.807, 2.05) is 0 Å². The molecule has 114 valence electrons. The molecule has 0 bridgehead atoms. The van der Waals surface area contributed by atoms with E-state index in [1.165, 1.54) is 43.5 Å². The first-order valence-corrected chi connectivity index (χ1v) is 6.69. The van der Waals surface area contributed by atoms with Crippen LogP contribution >= 0.6 is 0 Å². The molecule has 1 N–H and O–H groups in total. The molecule has 2 aromatic rings. The SMILES string of the molecule is COCCc1cc(C(=O)c2ccccc2F)ccc1C(=O)O. The predicted octanol–water partition coefficient (Wildman–Crippen LogP) is 2.94. The summed E-state index contributed by atoms with van der Waals surface area (Å²) in [4.78, 5) is 23.6. The van der Waals surface area contributed by atoms with Crippen LogP contribution in [0.15, 0.2) is 42.5 Å². The number of hydrogen-bond donors (Lipinski definition) is 1. The lowest BCUT2D eigenvalue weighted by atomic mass is 9.96. The zero-order valence-corrected chi connectivity index (χ0v) is 12.0. The van der Waals surface area contributed by atoms with Gasteiger partial charge in [-0.05, 0) is 36.2 Å². The molecule has 2 rings (SSSR count).